The van der Waals surface area contributed by atoms with Gasteiger partial charge in [0, 0.05) is 6.61 Å². The molecule has 1 aromatic carbocycles. The summed E-state index contributed by atoms with van der Waals surface area (Å²) in [5, 5.41) is 0.246. The molecular weight excluding hydrogens is 316 g/mol. The number of rotatable bonds is 7. The van der Waals surface area contributed by atoms with Gasteiger partial charge in [-0.3, -0.25) is 4.79 Å². The SMILES string of the molecule is COC(=O)C(C)(C)Cc1ccc(CCO[Si](C)(C)C(C)(C)C)cc1. The molecular formula is C20H34O3Si. The summed E-state index contributed by atoms with van der Waals surface area (Å²) < 4.78 is 11.1. The monoisotopic (exact) mass is 350 g/mol. The quantitative estimate of drug-likeness (QED) is 0.513. The first-order valence-electron chi connectivity index (χ1n) is 8.69. The first-order valence-corrected chi connectivity index (χ1v) is 11.6. The standard InChI is InChI=1S/C20H34O3Si/c1-19(2,3)24(7,8)23-14-13-16-9-11-17(12-10-16)15-20(4,5)18(21)22-6/h9-12H,13-15H2,1-8H3. The van der Waals surface area contributed by atoms with Gasteiger partial charge in [0.05, 0.1) is 12.5 Å². The second kappa shape index (κ2) is 7.83. The zero-order valence-electron chi connectivity index (χ0n) is 16.7. The summed E-state index contributed by atoms with van der Waals surface area (Å²) >= 11 is 0. The third-order valence-electron chi connectivity index (χ3n) is 5.07. The maximum atomic E-state index is 11.8. The van der Waals surface area contributed by atoms with Crippen LogP contribution in [0.4, 0.5) is 0 Å². The maximum absolute atomic E-state index is 11.8. The van der Waals surface area contributed by atoms with Crippen molar-refractivity contribution in [2.45, 2.75) is 65.6 Å². The molecule has 0 saturated carbocycles. The molecule has 1 aromatic rings. The molecule has 0 aromatic heterocycles. The molecule has 0 saturated heterocycles. The molecule has 0 heterocycles. The van der Waals surface area contributed by atoms with Crippen LogP contribution >= 0.6 is 0 Å². The van der Waals surface area contributed by atoms with E-state index in [2.05, 4.69) is 58.1 Å². The van der Waals surface area contributed by atoms with E-state index >= 15 is 0 Å². The fourth-order valence-electron chi connectivity index (χ4n) is 2.32. The molecule has 0 N–H and O–H groups in total. The fourth-order valence-corrected chi connectivity index (χ4v) is 3.37. The van der Waals surface area contributed by atoms with Crippen molar-refractivity contribution in [2.24, 2.45) is 5.41 Å². The number of esters is 1. The molecule has 0 unspecified atom stereocenters. The number of ether oxygens (including phenoxy) is 1. The average molecular weight is 351 g/mol. The van der Waals surface area contributed by atoms with Crippen molar-refractivity contribution in [1.82, 2.24) is 0 Å². The van der Waals surface area contributed by atoms with Crippen molar-refractivity contribution in [3.8, 4) is 0 Å². The van der Waals surface area contributed by atoms with Gasteiger partial charge in [0.1, 0.15) is 0 Å². The van der Waals surface area contributed by atoms with Gasteiger partial charge < -0.3 is 9.16 Å². The van der Waals surface area contributed by atoms with Crippen molar-refractivity contribution in [3.63, 3.8) is 0 Å². The second-order valence-corrected chi connectivity index (χ2v) is 13.5. The van der Waals surface area contributed by atoms with Gasteiger partial charge in [-0.2, -0.15) is 0 Å². The highest BCUT2D eigenvalue weighted by molar-refractivity contribution is 6.74. The number of benzene rings is 1. The normalized spacial score (nSPS) is 13.0. The van der Waals surface area contributed by atoms with E-state index in [0.29, 0.717) is 6.42 Å². The van der Waals surface area contributed by atoms with Crippen LogP contribution < -0.4 is 0 Å². The van der Waals surface area contributed by atoms with Gasteiger partial charge in [-0.05, 0) is 55.9 Å². The molecule has 24 heavy (non-hydrogen) atoms. The number of carbonyl (C=O) groups excluding carboxylic acids is 1. The van der Waals surface area contributed by atoms with E-state index in [-0.39, 0.29) is 11.0 Å². The minimum Gasteiger partial charge on any atom is -0.469 e. The molecule has 0 amide bonds. The molecule has 0 aliphatic carbocycles. The Morgan fingerprint density at radius 3 is 1.96 bits per heavy atom. The van der Waals surface area contributed by atoms with Gasteiger partial charge >= 0.3 is 5.97 Å². The molecule has 136 valence electrons. The highest BCUT2D eigenvalue weighted by Gasteiger charge is 2.36. The molecule has 0 fully saturated rings. The molecule has 0 radical (unpaired) electrons. The van der Waals surface area contributed by atoms with Crippen LogP contribution in [-0.4, -0.2) is 28.0 Å². The molecule has 0 aliphatic rings. The first-order chi connectivity index (χ1) is 10.9. The summed E-state index contributed by atoms with van der Waals surface area (Å²) in [7, 11) is -0.230. The number of hydrogen-bond acceptors (Lipinski definition) is 3. The minimum atomic E-state index is -1.67. The van der Waals surface area contributed by atoms with Crippen LogP contribution in [0.5, 0.6) is 0 Å². The lowest BCUT2D eigenvalue weighted by molar-refractivity contribution is -0.150. The predicted molar refractivity (Wildman–Crippen MR) is 103 cm³/mol. The molecule has 0 atom stereocenters. The largest absolute Gasteiger partial charge is 0.469 e. The molecule has 0 aliphatic heterocycles. The van der Waals surface area contributed by atoms with E-state index in [1.165, 1.54) is 12.7 Å². The topological polar surface area (TPSA) is 35.5 Å². The second-order valence-electron chi connectivity index (χ2n) is 8.73. The zero-order chi connectivity index (χ0) is 18.6. The van der Waals surface area contributed by atoms with Crippen LogP contribution in [0.1, 0.15) is 45.7 Å². The van der Waals surface area contributed by atoms with Gasteiger partial charge in [0.25, 0.3) is 0 Å². The summed E-state index contributed by atoms with van der Waals surface area (Å²) in [4.78, 5) is 11.8. The van der Waals surface area contributed by atoms with Crippen molar-refractivity contribution in [1.29, 1.82) is 0 Å². The van der Waals surface area contributed by atoms with Gasteiger partial charge in [0.15, 0.2) is 8.32 Å². The summed E-state index contributed by atoms with van der Waals surface area (Å²) in [5.41, 5.74) is 1.93. The van der Waals surface area contributed by atoms with Crippen LogP contribution in [-0.2, 0) is 26.8 Å². The molecule has 4 heteroatoms. The minimum absolute atomic E-state index is 0.172. The Hall–Kier alpha value is -1.13. The zero-order valence-corrected chi connectivity index (χ0v) is 17.7. The highest BCUT2D eigenvalue weighted by atomic mass is 28.4. The lowest BCUT2D eigenvalue weighted by Crippen LogP contribution is -2.41. The maximum Gasteiger partial charge on any atom is 0.311 e. The van der Waals surface area contributed by atoms with Crippen LogP contribution in [0.3, 0.4) is 0 Å². The van der Waals surface area contributed by atoms with Crippen molar-refractivity contribution >= 4 is 14.3 Å². The lowest BCUT2D eigenvalue weighted by atomic mass is 9.85. The van der Waals surface area contributed by atoms with Crippen molar-refractivity contribution < 1.29 is 14.0 Å². The molecule has 0 bridgehead atoms. The number of hydrogen-bond donors (Lipinski definition) is 0. The van der Waals surface area contributed by atoms with E-state index in [4.69, 9.17) is 9.16 Å². The summed E-state index contributed by atoms with van der Waals surface area (Å²) in [5.74, 6) is -0.172. The van der Waals surface area contributed by atoms with Crippen molar-refractivity contribution in [3.05, 3.63) is 35.4 Å². The Labute approximate surface area is 148 Å². The first kappa shape index (κ1) is 20.9. The fraction of sp³-hybridized carbons (Fsp3) is 0.650. The van der Waals surface area contributed by atoms with Crippen LogP contribution in [0.15, 0.2) is 24.3 Å². The summed E-state index contributed by atoms with van der Waals surface area (Å²) in [6, 6.07) is 8.48. The predicted octanol–water partition coefficient (Wildman–Crippen LogP) is 4.99. The van der Waals surface area contributed by atoms with E-state index in [0.717, 1.165) is 18.6 Å². The third kappa shape index (κ3) is 5.74. The Morgan fingerprint density at radius 2 is 1.50 bits per heavy atom. The van der Waals surface area contributed by atoms with Gasteiger partial charge in [-0.15, -0.1) is 0 Å². The molecule has 1 rings (SSSR count). The van der Waals surface area contributed by atoms with E-state index < -0.39 is 13.7 Å². The third-order valence-corrected chi connectivity index (χ3v) is 9.61. The molecule has 0 spiro atoms. The average Bonchev–Trinajstić information content (AvgIpc) is 2.46. The van der Waals surface area contributed by atoms with Crippen LogP contribution in [0.25, 0.3) is 0 Å². The van der Waals surface area contributed by atoms with Crippen LogP contribution in [0, 0.1) is 5.41 Å². The summed E-state index contributed by atoms with van der Waals surface area (Å²) in [6.45, 7) is 15.9. The van der Waals surface area contributed by atoms with E-state index in [9.17, 15) is 4.79 Å². The Bertz CT molecular complexity index is 539. The smallest absolute Gasteiger partial charge is 0.311 e. The van der Waals surface area contributed by atoms with E-state index in [1.54, 1.807) is 0 Å². The summed E-state index contributed by atoms with van der Waals surface area (Å²) in [6.07, 6.45) is 1.60. The van der Waals surface area contributed by atoms with Gasteiger partial charge in [0.2, 0.25) is 0 Å². The highest BCUT2D eigenvalue weighted by Crippen LogP contribution is 2.36. The van der Waals surface area contributed by atoms with Gasteiger partial charge in [-0.1, -0.05) is 45.0 Å². The molecule has 3 nitrogen and oxygen atoms in total. The number of carbonyl (C=O) groups is 1. The Kier molecular flexibility index (Phi) is 6.82. The van der Waals surface area contributed by atoms with Crippen molar-refractivity contribution in [2.75, 3.05) is 13.7 Å². The number of methoxy groups -OCH3 is 1. The van der Waals surface area contributed by atoms with Gasteiger partial charge in [-0.25, -0.2) is 0 Å². The Balaban J connectivity index is 2.59. The lowest BCUT2D eigenvalue weighted by Gasteiger charge is -2.36. The Morgan fingerprint density at radius 1 is 1.00 bits per heavy atom. The van der Waals surface area contributed by atoms with E-state index in [1.807, 2.05) is 13.8 Å². The van der Waals surface area contributed by atoms with Crippen LogP contribution in [0.2, 0.25) is 18.1 Å².